The average molecular weight is 214 g/mol. The summed E-state index contributed by atoms with van der Waals surface area (Å²) in [5.41, 5.74) is 1.42. The topological polar surface area (TPSA) is 53.8 Å². The maximum Gasteiger partial charge on any atom is 0.187 e. The zero-order chi connectivity index (χ0) is 11.9. The SMILES string of the molecule is CCC1c2ccc(C#N)nc2C(=O)C1(C)C. The van der Waals surface area contributed by atoms with Gasteiger partial charge in [0.2, 0.25) is 0 Å². The number of nitriles is 1. The van der Waals surface area contributed by atoms with Crippen LogP contribution in [0, 0.1) is 16.7 Å². The van der Waals surface area contributed by atoms with Crippen molar-refractivity contribution in [2.75, 3.05) is 0 Å². The van der Waals surface area contributed by atoms with Gasteiger partial charge in [0.15, 0.2) is 5.78 Å². The highest BCUT2D eigenvalue weighted by molar-refractivity contribution is 6.03. The first-order valence-corrected chi connectivity index (χ1v) is 5.48. The number of aromatic nitrogens is 1. The Morgan fingerprint density at radius 1 is 1.50 bits per heavy atom. The Bertz CT molecular complexity index is 497. The fourth-order valence-corrected chi connectivity index (χ4v) is 2.58. The third kappa shape index (κ3) is 1.26. The highest BCUT2D eigenvalue weighted by Gasteiger charge is 2.46. The van der Waals surface area contributed by atoms with Gasteiger partial charge in [-0.05, 0) is 24.0 Å². The van der Waals surface area contributed by atoms with Crippen LogP contribution < -0.4 is 0 Å². The molecule has 0 saturated heterocycles. The Hall–Kier alpha value is -1.69. The van der Waals surface area contributed by atoms with Crippen molar-refractivity contribution < 1.29 is 4.79 Å². The Kier molecular flexibility index (Phi) is 2.31. The summed E-state index contributed by atoms with van der Waals surface area (Å²) in [4.78, 5) is 16.3. The molecule has 0 amide bonds. The second-order valence-electron chi connectivity index (χ2n) is 4.76. The molecule has 0 aromatic carbocycles. The molecule has 0 bridgehead atoms. The van der Waals surface area contributed by atoms with Crippen LogP contribution in [-0.2, 0) is 0 Å². The number of rotatable bonds is 1. The van der Waals surface area contributed by atoms with Gasteiger partial charge in [0, 0.05) is 5.41 Å². The van der Waals surface area contributed by atoms with E-state index in [0.717, 1.165) is 12.0 Å². The summed E-state index contributed by atoms with van der Waals surface area (Å²) < 4.78 is 0. The first-order chi connectivity index (χ1) is 7.52. The van der Waals surface area contributed by atoms with Gasteiger partial charge in [-0.3, -0.25) is 4.79 Å². The normalized spacial score (nSPS) is 21.6. The Balaban J connectivity index is 2.63. The molecule has 0 saturated carbocycles. The highest BCUT2D eigenvalue weighted by Crippen LogP contribution is 2.47. The van der Waals surface area contributed by atoms with Gasteiger partial charge >= 0.3 is 0 Å². The van der Waals surface area contributed by atoms with Gasteiger partial charge in [-0.25, -0.2) is 4.98 Å². The summed E-state index contributed by atoms with van der Waals surface area (Å²) in [6, 6.07) is 5.54. The van der Waals surface area contributed by atoms with Crippen LogP contribution in [-0.4, -0.2) is 10.8 Å². The first-order valence-electron chi connectivity index (χ1n) is 5.48. The van der Waals surface area contributed by atoms with Gasteiger partial charge in [0.1, 0.15) is 17.5 Å². The number of pyridine rings is 1. The monoisotopic (exact) mass is 214 g/mol. The molecule has 1 aromatic rings. The van der Waals surface area contributed by atoms with Gasteiger partial charge in [0.05, 0.1) is 0 Å². The predicted molar refractivity (Wildman–Crippen MR) is 60.1 cm³/mol. The molecular weight excluding hydrogens is 200 g/mol. The molecule has 1 atom stereocenters. The van der Waals surface area contributed by atoms with Crippen molar-refractivity contribution in [3.8, 4) is 6.07 Å². The summed E-state index contributed by atoms with van der Waals surface area (Å²) in [7, 11) is 0. The van der Waals surface area contributed by atoms with Crippen LogP contribution in [0.2, 0.25) is 0 Å². The molecule has 0 spiro atoms. The second kappa shape index (κ2) is 3.41. The van der Waals surface area contributed by atoms with Crippen LogP contribution in [0.3, 0.4) is 0 Å². The van der Waals surface area contributed by atoms with Gasteiger partial charge < -0.3 is 0 Å². The minimum absolute atomic E-state index is 0.0615. The number of hydrogen-bond acceptors (Lipinski definition) is 3. The minimum Gasteiger partial charge on any atom is -0.292 e. The molecule has 1 aliphatic carbocycles. The smallest absolute Gasteiger partial charge is 0.187 e. The zero-order valence-electron chi connectivity index (χ0n) is 9.74. The lowest BCUT2D eigenvalue weighted by Crippen LogP contribution is -2.23. The average Bonchev–Trinajstić information content (AvgIpc) is 2.47. The number of Topliss-reactive ketones (excluding diaryl/α,β-unsaturated/α-hetero) is 1. The van der Waals surface area contributed by atoms with Crippen molar-refractivity contribution in [1.29, 1.82) is 5.26 Å². The number of hydrogen-bond donors (Lipinski definition) is 0. The fraction of sp³-hybridized carbons (Fsp3) is 0.462. The van der Waals surface area contributed by atoms with E-state index in [1.54, 1.807) is 6.07 Å². The molecule has 1 heterocycles. The number of fused-ring (bicyclic) bond motifs is 1. The molecule has 2 rings (SSSR count). The van der Waals surface area contributed by atoms with Gasteiger partial charge in [-0.15, -0.1) is 0 Å². The molecular formula is C13H14N2O. The van der Waals surface area contributed by atoms with Crippen molar-refractivity contribution in [2.24, 2.45) is 5.41 Å². The maximum absolute atomic E-state index is 12.2. The van der Waals surface area contributed by atoms with Gasteiger partial charge in [-0.1, -0.05) is 26.8 Å². The third-order valence-corrected chi connectivity index (χ3v) is 3.50. The van der Waals surface area contributed by atoms with E-state index >= 15 is 0 Å². The van der Waals surface area contributed by atoms with Crippen LogP contribution in [0.25, 0.3) is 0 Å². The van der Waals surface area contributed by atoms with E-state index in [-0.39, 0.29) is 11.7 Å². The number of carbonyl (C=O) groups is 1. The molecule has 16 heavy (non-hydrogen) atoms. The highest BCUT2D eigenvalue weighted by atomic mass is 16.1. The molecule has 1 unspecified atom stereocenters. The van der Waals surface area contributed by atoms with E-state index in [0.29, 0.717) is 11.4 Å². The lowest BCUT2D eigenvalue weighted by molar-refractivity contribution is 0.0828. The van der Waals surface area contributed by atoms with Crippen molar-refractivity contribution in [3.05, 3.63) is 29.1 Å². The van der Waals surface area contributed by atoms with E-state index in [2.05, 4.69) is 11.9 Å². The molecule has 0 N–H and O–H groups in total. The molecule has 1 aromatic heterocycles. The summed E-state index contributed by atoms with van der Waals surface area (Å²) in [5.74, 6) is 0.279. The molecule has 0 radical (unpaired) electrons. The third-order valence-electron chi connectivity index (χ3n) is 3.50. The van der Waals surface area contributed by atoms with Crippen molar-refractivity contribution >= 4 is 5.78 Å². The van der Waals surface area contributed by atoms with E-state index in [1.165, 1.54) is 0 Å². The van der Waals surface area contributed by atoms with Crippen molar-refractivity contribution in [2.45, 2.75) is 33.1 Å². The van der Waals surface area contributed by atoms with Crippen LogP contribution in [0.1, 0.15) is 54.9 Å². The van der Waals surface area contributed by atoms with Gasteiger partial charge in [-0.2, -0.15) is 5.26 Å². The molecule has 3 heteroatoms. The van der Waals surface area contributed by atoms with Crippen molar-refractivity contribution in [1.82, 2.24) is 4.98 Å². The molecule has 0 fully saturated rings. The number of carbonyl (C=O) groups excluding carboxylic acids is 1. The lowest BCUT2D eigenvalue weighted by atomic mass is 9.78. The number of ketones is 1. The quantitative estimate of drug-likeness (QED) is 0.722. The van der Waals surface area contributed by atoms with Gasteiger partial charge in [0.25, 0.3) is 0 Å². The van der Waals surface area contributed by atoms with Crippen LogP contribution in [0.15, 0.2) is 12.1 Å². The van der Waals surface area contributed by atoms with E-state index in [1.807, 2.05) is 26.0 Å². The van der Waals surface area contributed by atoms with E-state index in [4.69, 9.17) is 5.26 Å². The minimum atomic E-state index is -0.391. The zero-order valence-corrected chi connectivity index (χ0v) is 9.74. The summed E-state index contributed by atoms with van der Waals surface area (Å²) in [5, 5.41) is 8.78. The first kappa shape index (κ1) is 10.8. The second-order valence-corrected chi connectivity index (χ2v) is 4.76. The largest absolute Gasteiger partial charge is 0.292 e. The van der Waals surface area contributed by atoms with Crippen LogP contribution in [0.4, 0.5) is 0 Å². The predicted octanol–water partition coefficient (Wildman–Crippen LogP) is 2.67. The standard InChI is InChI=1S/C13H14N2O/c1-4-10-9-6-5-8(7-14)15-11(9)12(16)13(10,2)3/h5-6,10H,4H2,1-3H3. The summed E-state index contributed by atoms with van der Waals surface area (Å²) >= 11 is 0. The summed E-state index contributed by atoms with van der Waals surface area (Å²) in [6.45, 7) is 5.99. The molecule has 0 aliphatic heterocycles. The van der Waals surface area contributed by atoms with Crippen LogP contribution in [0.5, 0.6) is 0 Å². The Labute approximate surface area is 95.1 Å². The lowest BCUT2D eigenvalue weighted by Gasteiger charge is -2.24. The number of nitrogens with zero attached hydrogens (tertiary/aromatic N) is 2. The fourth-order valence-electron chi connectivity index (χ4n) is 2.58. The molecule has 82 valence electrons. The molecule has 1 aliphatic rings. The van der Waals surface area contributed by atoms with Crippen LogP contribution >= 0.6 is 0 Å². The Morgan fingerprint density at radius 2 is 2.19 bits per heavy atom. The Morgan fingerprint density at radius 3 is 2.75 bits per heavy atom. The maximum atomic E-state index is 12.2. The van der Waals surface area contributed by atoms with E-state index < -0.39 is 5.41 Å². The van der Waals surface area contributed by atoms with Crippen molar-refractivity contribution in [3.63, 3.8) is 0 Å². The van der Waals surface area contributed by atoms with E-state index in [9.17, 15) is 4.79 Å². The molecule has 3 nitrogen and oxygen atoms in total. The summed E-state index contributed by atoms with van der Waals surface area (Å²) in [6.07, 6.45) is 0.916.